The summed E-state index contributed by atoms with van der Waals surface area (Å²) in [6, 6.07) is 2.49. The van der Waals surface area contributed by atoms with Crippen LogP contribution in [0, 0.1) is 17.0 Å². The number of ether oxygens (including phenoxy) is 2. The second-order valence-electron chi connectivity index (χ2n) is 10.4. The van der Waals surface area contributed by atoms with Crippen LogP contribution in [0.3, 0.4) is 0 Å². The maximum Gasteiger partial charge on any atom is 0.493 e. The molecule has 0 unspecified atom stereocenters. The second-order valence-corrected chi connectivity index (χ2v) is 10.4. The van der Waals surface area contributed by atoms with Gasteiger partial charge in [0.1, 0.15) is 11.5 Å². The fourth-order valence-electron chi connectivity index (χ4n) is 5.69. The van der Waals surface area contributed by atoms with Gasteiger partial charge in [0.05, 0.1) is 19.8 Å². The zero-order valence-corrected chi connectivity index (χ0v) is 22.8. The molecule has 43 heavy (non-hydrogen) atoms. The highest BCUT2D eigenvalue weighted by Gasteiger charge is 2.48. The first-order chi connectivity index (χ1) is 20.1. The maximum atomic E-state index is 14.6. The van der Waals surface area contributed by atoms with E-state index in [9.17, 15) is 44.7 Å². The van der Waals surface area contributed by atoms with Crippen LogP contribution in [-0.4, -0.2) is 51.0 Å². The van der Waals surface area contributed by atoms with Gasteiger partial charge in [0.25, 0.3) is 0 Å². The number of nitrogens with one attached hydrogen (secondary N) is 2. The summed E-state index contributed by atoms with van der Waals surface area (Å²) in [6.07, 6.45) is -8.50. The van der Waals surface area contributed by atoms with Crippen molar-refractivity contribution in [1.82, 2.24) is 10.6 Å². The SMILES string of the molecule is COc1ccc(C[C@@]23CCN[C@H]2C[C@H](NC(=O)N(OC(=O)C(F)(F)F)c2cc(F)c(C(F)(F)F)cc2F)CC3)cc1OC. The number of hydrogen-bond acceptors (Lipinski definition) is 6. The molecule has 1 heterocycles. The van der Waals surface area contributed by atoms with E-state index >= 15 is 0 Å². The minimum atomic E-state index is -5.66. The van der Waals surface area contributed by atoms with Crippen molar-refractivity contribution >= 4 is 17.7 Å². The zero-order valence-electron chi connectivity index (χ0n) is 22.8. The number of carbonyl (C=O) groups is 2. The van der Waals surface area contributed by atoms with Crippen LogP contribution in [0.2, 0.25) is 0 Å². The number of anilines is 1. The number of urea groups is 1. The van der Waals surface area contributed by atoms with E-state index in [-0.39, 0.29) is 30.0 Å². The molecule has 8 nitrogen and oxygen atoms in total. The van der Waals surface area contributed by atoms with Crippen molar-refractivity contribution in [3.63, 3.8) is 0 Å². The Labute approximate surface area is 240 Å². The molecular weight excluding hydrogens is 598 g/mol. The van der Waals surface area contributed by atoms with Crippen molar-refractivity contribution in [2.24, 2.45) is 5.41 Å². The average Bonchev–Trinajstić information content (AvgIpc) is 3.34. The summed E-state index contributed by atoms with van der Waals surface area (Å²) in [5.41, 5.74) is -2.83. The van der Waals surface area contributed by atoms with Gasteiger partial charge in [-0.1, -0.05) is 6.07 Å². The molecular formula is C27H27F8N3O5. The van der Waals surface area contributed by atoms with Crippen molar-refractivity contribution in [3.05, 3.63) is 53.1 Å². The smallest absolute Gasteiger partial charge is 0.493 e. The van der Waals surface area contributed by atoms with Crippen LogP contribution in [-0.2, 0) is 22.2 Å². The Kier molecular flexibility index (Phi) is 9.00. The Bertz CT molecular complexity index is 1370. The Morgan fingerprint density at radius 2 is 1.70 bits per heavy atom. The number of methoxy groups -OCH3 is 2. The third-order valence-electron chi connectivity index (χ3n) is 7.75. The third-order valence-corrected chi connectivity index (χ3v) is 7.75. The lowest BCUT2D eigenvalue weighted by Gasteiger charge is -2.43. The first kappa shape index (κ1) is 32.1. The van der Waals surface area contributed by atoms with Crippen molar-refractivity contribution in [1.29, 1.82) is 0 Å². The normalized spacial score (nSPS) is 22.0. The summed E-state index contributed by atoms with van der Waals surface area (Å²) in [5.74, 6) is -5.93. The van der Waals surface area contributed by atoms with Gasteiger partial charge in [0.15, 0.2) is 17.3 Å². The van der Waals surface area contributed by atoms with Crippen LogP contribution in [0.4, 0.5) is 45.6 Å². The van der Waals surface area contributed by atoms with Gasteiger partial charge in [-0.25, -0.2) is 18.4 Å². The molecule has 16 heteroatoms. The zero-order chi connectivity index (χ0) is 31.7. The molecule has 236 valence electrons. The predicted octanol–water partition coefficient (Wildman–Crippen LogP) is 5.68. The average molecular weight is 626 g/mol. The van der Waals surface area contributed by atoms with Gasteiger partial charge in [-0.3, -0.25) is 0 Å². The Morgan fingerprint density at radius 1 is 1.00 bits per heavy atom. The molecule has 1 saturated heterocycles. The molecule has 0 aromatic heterocycles. The van der Waals surface area contributed by atoms with Crippen LogP contribution < -0.4 is 25.2 Å². The summed E-state index contributed by atoms with van der Waals surface area (Å²) < 4.78 is 117. The number of nitrogens with zero attached hydrogens (tertiary/aromatic N) is 1. The number of rotatable bonds is 6. The summed E-state index contributed by atoms with van der Waals surface area (Å²) in [4.78, 5) is 28.6. The van der Waals surface area contributed by atoms with E-state index in [1.807, 2.05) is 12.1 Å². The van der Waals surface area contributed by atoms with Gasteiger partial charge >= 0.3 is 24.4 Å². The van der Waals surface area contributed by atoms with Crippen LogP contribution in [0.15, 0.2) is 30.3 Å². The topological polar surface area (TPSA) is 89.1 Å². The Balaban J connectivity index is 1.54. The standard InChI is InChI=1S/C27H27F8N3O5/c1-41-20-4-3-14(9-21(20)42-2)13-25-6-5-15(10-22(25)36-8-7-25)37-24(40)38(43-23(39)27(33,34)35)19-12-17(28)16(11-18(19)29)26(30,31)32/h3-4,9,11-12,15,22,36H,5-8,10,13H2,1-2H3,(H,37,40)/t15-,22+,25-/m1/s1. The monoisotopic (exact) mass is 625 g/mol. The Morgan fingerprint density at radius 3 is 2.33 bits per heavy atom. The molecule has 1 aliphatic heterocycles. The van der Waals surface area contributed by atoms with Gasteiger partial charge in [-0.15, -0.1) is 5.06 Å². The lowest BCUT2D eigenvalue weighted by atomic mass is 9.66. The molecule has 0 radical (unpaired) electrons. The first-order valence-electron chi connectivity index (χ1n) is 13.0. The van der Waals surface area contributed by atoms with Gasteiger partial charge in [0, 0.05) is 18.2 Å². The lowest BCUT2D eigenvalue weighted by molar-refractivity contribution is -0.199. The highest BCUT2D eigenvalue weighted by Crippen LogP contribution is 2.46. The van der Waals surface area contributed by atoms with E-state index in [1.165, 1.54) is 14.2 Å². The Hall–Kier alpha value is -3.82. The van der Waals surface area contributed by atoms with Crippen LogP contribution in [0.25, 0.3) is 0 Å². The molecule has 0 spiro atoms. The summed E-state index contributed by atoms with van der Waals surface area (Å²) in [7, 11) is 3.02. The third kappa shape index (κ3) is 6.89. The van der Waals surface area contributed by atoms with Crippen LogP contribution in [0.1, 0.15) is 36.8 Å². The molecule has 2 aromatic rings. The number of amides is 2. The van der Waals surface area contributed by atoms with Crippen LogP contribution >= 0.6 is 0 Å². The van der Waals surface area contributed by atoms with Crippen molar-refractivity contribution in [3.8, 4) is 11.5 Å². The summed E-state index contributed by atoms with van der Waals surface area (Å²) in [5, 5.41) is 5.17. The van der Waals surface area contributed by atoms with Gasteiger partial charge in [-0.2, -0.15) is 26.3 Å². The second kappa shape index (κ2) is 12.1. The number of fused-ring (bicyclic) bond motifs is 1. The molecule has 2 aromatic carbocycles. The summed E-state index contributed by atoms with van der Waals surface area (Å²) >= 11 is 0. The van der Waals surface area contributed by atoms with E-state index in [2.05, 4.69) is 15.5 Å². The molecule has 2 aliphatic rings. The quantitative estimate of drug-likeness (QED) is 0.317. The van der Waals surface area contributed by atoms with Crippen molar-refractivity contribution < 1.29 is 59.0 Å². The minimum absolute atomic E-state index is 0.172. The number of hydroxylamine groups is 1. The molecule has 1 aliphatic carbocycles. The highest BCUT2D eigenvalue weighted by molar-refractivity contribution is 5.93. The van der Waals surface area contributed by atoms with Crippen molar-refractivity contribution in [2.75, 3.05) is 25.8 Å². The first-order valence-corrected chi connectivity index (χ1v) is 13.0. The van der Waals surface area contributed by atoms with E-state index in [0.717, 1.165) is 12.0 Å². The number of alkyl halides is 6. The molecule has 0 bridgehead atoms. The van der Waals surface area contributed by atoms with E-state index in [0.29, 0.717) is 37.3 Å². The van der Waals surface area contributed by atoms with E-state index in [4.69, 9.17) is 9.47 Å². The number of hydrogen-bond donors (Lipinski definition) is 2. The largest absolute Gasteiger partial charge is 0.493 e. The van der Waals surface area contributed by atoms with Gasteiger partial charge < -0.3 is 24.9 Å². The maximum absolute atomic E-state index is 14.6. The van der Waals surface area contributed by atoms with Crippen LogP contribution in [0.5, 0.6) is 11.5 Å². The molecule has 2 amide bonds. The minimum Gasteiger partial charge on any atom is -0.493 e. The predicted molar refractivity (Wildman–Crippen MR) is 134 cm³/mol. The fraction of sp³-hybridized carbons (Fsp3) is 0.481. The molecule has 2 fully saturated rings. The van der Waals surface area contributed by atoms with Crippen molar-refractivity contribution in [2.45, 2.75) is 56.5 Å². The highest BCUT2D eigenvalue weighted by atomic mass is 19.4. The van der Waals surface area contributed by atoms with Gasteiger partial charge in [0.2, 0.25) is 0 Å². The molecule has 1 saturated carbocycles. The summed E-state index contributed by atoms with van der Waals surface area (Å²) in [6.45, 7) is 0.643. The van der Waals surface area contributed by atoms with E-state index in [1.54, 1.807) is 6.07 Å². The number of benzene rings is 2. The molecule has 3 atom stereocenters. The number of halogens is 8. The van der Waals surface area contributed by atoms with E-state index < -0.39 is 58.3 Å². The lowest BCUT2D eigenvalue weighted by Crippen LogP contribution is -2.53. The van der Waals surface area contributed by atoms with Gasteiger partial charge in [-0.05, 0) is 67.8 Å². The number of carbonyl (C=O) groups excluding carboxylic acids is 2. The fourth-order valence-corrected chi connectivity index (χ4v) is 5.69. The molecule has 4 rings (SSSR count). The molecule has 2 N–H and O–H groups in total.